The second-order valence-electron chi connectivity index (χ2n) is 8.54. The first-order valence-corrected chi connectivity index (χ1v) is 11.0. The summed E-state index contributed by atoms with van der Waals surface area (Å²) in [5.74, 6) is 1.97. The highest BCUT2D eigenvalue weighted by Crippen LogP contribution is 2.32. The minimum Gasteiger partial charge on any atom is -0.504 e. The van der Waals surface area contributed by atoms with E-state index in [0.29, 0.717) is 24.6 Å². The fourth-order valence-electron chi connectivity index (χ4n) is 4.19. The summed E-state index contributed by atoms with van der Waals surface area (Å²) in [6.45, 7) is 6.55. The molecule has 0 bridgehead atoms. The van der Waals surface area contributed by atoms with E-state index in [2.05, 4.69) is 18.7 Å². The number of likely N-dealkylation sites (tertiary alicyclic amines) is 1. The van der Waals surface area contributed by atoms with E-state index in [1.165, 1.54) is 0 Å². The first-order chi connectivity index (χ1) is 14.9. The van der Waals surface area contributed by atoms with Crippen LogP contribution in [0.4, 0.5) is 5.69 Å². The van der Waals surface area contributed by atoms with Crippen molar-refractivity contribution < 1.29 is 19.4 Å². The zero-order valence-electron chi connectivity index (χ0n) is 19.0. The molecule has 1 N–H and O–H groups in total. The summed E-state index contributed by atoms with van der Waals surface area (Å²) in [6.07, 6.45) is 2.31. The second kappa shape index (κ2) is 10.5. The Morgan fingerprint density at radius 2 is 1.77 bits per heavy atom. The number of benzene rings is 2. The molecule has 6 heteroatoms. The van der Waals surface area contributed by atoms with E-state index in [9.17, 15) is 9.90 Å². The van der Waals surface area contributed by atoms with Crippen LogP contribution in [0, 0.1) is 5.92 Å². The summed E-state index contributed by atoms with van der Waals surface area (Å²) in [5, 5.41) is 10.4. The molecule has 1 fully saturated rings. The summed E-state index contributed by atoms with van der Waals surface area (Å²) in [4.78, 5) is 17.4. The number of carbonyl (C=O) groups excluding carboxylic acids is 1. The molecule has 6 nitrogen and oxygen atoms in total. The van der Waals surface area contributed by atoms with Gasteiger partial charge in [-0.25, -0.2) is 0 Å². The van der Waals surface area contributed by atoms with Crippen molar-refractivity contribution in [2.24, 2.45) is 5.92 Å². The summed E-state index contributed by atoms with van der Waals surface area (Å²) in [5.41, 5.74) is 1.79. The molecule has 0 aromatic heterocycles. The van der Waals surface area contributed by atoms with Crippen LogP contribution in [0.3, 0.4) is 0 Å². The van der Waals surface area contributed by atoms with Gasteiger partial charge in [-0.05, 0) is 49.1 Å². The van der Waals surface area contributed by atoms with E-state index in [1.54, 1.807) is 20.3 Å². The number of methoxy groups -OCH3 is 2. The van der Waals surface area contributed by atoms with Crippen LogP contribution in [-0.4, -0.2) is 49.3 Å². The van der Waals surface area contributed by atoms with Gasteiger partial charge in [0, 0.05) is 43.3 Å². The maximum Gasteiger partial charge on any atom is 0.227 e. The first kappa shape index (κ1) is 22.9. The number of anilines is 1. The first-order valence-electron chi connectivity index (χ1n) is 11.0. The van der Waals surface area contributed by atoms with Crippen LogP contribution in [0.1, 0.15) is 38.7 Å². The number of aromatic hydroxyl groups is 1. The van der Waals surface area contributed by atoms with Crippen LogP contribution in [0.5, 0.6) is 17.2 Å². The molecule has 0 unspecified atom stereocenters. The average molecular weight is 427 g/mol. The van der Waals surface area contributed by atoms with Crippen molar-refractivity contribution >= 4 is 11.6 Å². The number of carbonyl (C=O) groups is 1. The predicted molar refractivity (Wildman–Crippen MR) is 123 cm³/mol. The molecule has 31 heavy (non-hydrogen) atoms. The number of hydrogen-bond acceptors (Lipinski definition) is 5. The molecule has 3 rings (SSSR count). The van der Waals surface area contributed by atoms with Crippen molar-refractivity contribution in [3.8, 4) is 17.2 Å². The molecule has 2 aromatic rings. The van der Waals surface area contributed by atoms with E-state index < -0.39 is 0 Å². The fourth-order valence-corrected chi connectivity index (χ4v) is 4.19. The highest BCUT2D eigenvalue weighted by Gasteiger charge is 2.29. The number of para-hydroxylation sites is 1. The fraction of sp³-hybridized carbons (Fsp3) is 0.480. The van der Waals surface area contributed by atoms with Gasteiger partial charge in [-0.15, -0.1) is 0 Å². The number of phenolic OH excluding ortho intramolecular Hbond substituents is 1. The van der Waals surface area contributed by atoms with Crippen molar-refractivity contribution in [1.29, 1.82) is 0 Å². The van der Waals surface area contributed by atoms with Gasteiger partial charge in [0.05, 0.1) is 14.2 Å². The van der Waals surface area contributed by atoms with E-state index in [4.69, 9.17) is 9.47 Å². The van der Waals surface area contributed by atoms with E-state index >= 15 is 0 Å². The Kier molecular flexibility index (Phi) is 7.80. The second-order valence-corrected chi connectivity index (χ2v) is 8.54. The standard InChI is InChI=1S/C25H34N2O4/c1-18(2)16-24(28)27(20-8-10-22(30-3)11-9-20)21-12-14-26(15-13-21)17-19-6-5-7-23(31-4)25(19)29/h5-11,18,21,29H,12-17H2,1-4H3. The number of phenols is 1. The van der Waals surface area contributed by atoms with Crippen molar-refractivity contribution in [3.63, 3.8) is 0 Å². The minimum atomic E-state index is 0.162. The summed E-state index contributed by atoms with van der Waals surface area (Å²) < 4.78 is 10.5. The van der Waals surface area contributed by atoms with Crippen LogP contribution in [0.15, 0.2) is 42.5 Å². The lowest BCUT2D eigenvalue weighted by Gasteiger charge is -2.39. The molecule has 0 atom stereocenters. The highest BCUT2D eigenvalue weighted by atomic mass is 16.5. The molecular formula is C25H34N2O4. The van der Waals surface area contributed by atoms with Crippen molar-refractivity contribution in [1.82, 2.24) is 4.90 Å². The topological polar surface area (TPSA) is 62.2 Å². The zero-order chi connectivity index (χ0) is 22.4. The van der Waals surface area contributed by atoms with Crippen LogP contribution >= 0.6 is 0 Å². The molecule has 2 aromatic carbocycles. The maximum atomic E-state index is 13.1. The molecule has 0 radical (unpaired) electrons. The number of amides is 1. The molecule has 0 spiro atoms. The summed E-state index contributed by atoms with van der Waals surface area (Å²) in [6, 6.07) is 13.5. The number of hydrogen-bond donors (Lipinski definition) is 1. The van der Waals surface area contributed by atoms with Crippen molar-refractivity contribution in [3.05, 3.63) is 48.0 Å². The summed E-state index contributed by atoms with van der Waals surface area (Å²) >= 11 is 0. The lowest BCUT2D eigenvalue weighted by atomic mass is 9.99. The van der Waals surface area contributed by atoms with Gasteiger partial charge in [0.1, 0.15) is 5.75 Å². The van der Waals surface area contributed by atoms with Gasteiger partial charge in [0.15, 0.2) is 11.5 Å². The Hall–Kier alpha value is -2.73. The number of ether oxygens (including phenoxy) is 2. The van der Waals surface area contributed by atoms with E-state index in [0.717, 1.165) is 42.9 Å². The van der Waals surface area contributed by atoms with Crippen molar-refractivity contribution in [2.75, 3.05) is 32.2 Å². The van der Waals surface area contributed by atoms with Gasteiger partial charge < -0.3 is 19.5 Å². The number of rotatable bonds is 8. The van der Waals surface area contributed by atoms with Gasteiger partial charge in [0.2, 0.25) is 5.91 Å². The van der Waals surface area contributed by atoms with Gasteiger partial charge in [0.25, 0.3) is 0 Å². The smallest absolute Gasteiger partial charge is 0.227 e. The molecule has 1 aliphatic heterocycles. The Morgan fingerprint density at radius 3 is 2.35 bits per heavy atom. The molecule has 1 aliphatic rings. The van der Waals surface area contributed by atoms with Crippen LogP contribution in [0.2, 0.25) is 0 Å². The molecular weight excluding hydrogens is 392 g/mol. The Morgan fingerprint density at radius 1 is 1.10 bits per heavy atom. The van der Waals surface area contributed by atoms with E-state index in [1.807, 2.05) is 41.3 Å². The Labute approximate surface area is 185 Å². The monoisotopic (exact) mass is 426 g/mol. The SMILES string of the molecule is COc1ccc(N(C(=O)CC(C)C)C2CCN(Cc3cccc(OC)c3O)CC2)cc1. The van der Waals surface area contributed by atoms with Crippen LogP contribution in [0.25, 0.3) is 0 Å². The van der Waals surface area contributed by atoms with Gasteiger partial charge in [-0.2, -0.15) is 0 Å². The Bertz CT molecular complexity index is 858. The third-order valence-corrected chi connectivity index (χ3v) is 5.82. The van der Waals surface area contributed by atoms with Gasteiger partial charge >= 0.3 is 0 Å². The third kappa shape index (κ3) is 5.70. The summed E-state index contributed by atoms with van der Waals surface area (Å²) in [7, 11) is 3.21. The Balaban J connectivity index is 1.70. The number of nitrogens with zero attached hydrogens (tertiary/aromatic N) is 2. The van der Waals surface area contributed by atoms with Gasteiger partial charge in [-0.3, -0.25) is 9.69 Å². The largest absolute Gasteiger partial charge is 0.504 e. The normalized spacial score (nSPS) is 15.1. The average Bonchev–Trinajstić information content (AvgIpc) is 2.76. The third-order valence-electron chi connectivity index (χ3n) is 5.82. The molecule has 1 amide bonds. The number of piperidine rings is 1. The lowest BCUT2D eigenvalue weighted by Crippen LogP contribution is -2.47. The van der Waals surface area contributed by atoms with Gasteiger partial charge in [-0.1, -0.05) is 26.0 Å². The lowest BCUT2D eigenvalue weighted by molar-refractivity contribution is -0.120. The minimum absolute atomic E-state index is 0.162. The molecule has 0 aliphatic carbocycles. The molecule has 1 saturated heterocycles. The quantitative estimate of drug-likeness (QED) is 0.676. The van der Waals surface area contributed by atoms with E-state index in [-0.39, 0.29) is 17.7 Å². The molecule has 1 heterocycles. The predicted octanol–water partition coefficient (Wildman–Crippen LogP) is 4.45. The highest BCUT2D eigenvalue weighted by molar-refractivity contribution is 5.94. The molecule has 168 valence electrons. The van der Waals surface area contributed by atoms with Crippen molar-refractivity contribution in [2.45, 2.75) is 45.7 Å². The molecule has 0 saturated carbocycles. The van der Waals surface area contributed by atoms with Crippen LogP contribution < -0.4 is 14.4 Å². The maximum absolute atomic E-state index is 13.1. The van der Waals surface area contributed by atoms with Crippen LogP contribution in [-0.2, 0) is 11.3 Å². The zero-order valence-corrected chi connectivity index (χ0v) is 19.0.